The Labute approximate surface area is 166 Å². The fourth-order valence-electron chi connectivity index (χ4n) is 4.69. The van der Waals surface area contributed by atoms with E-state index in [-0.39, 0.29) is 5.78 Å². The van der Waals surface area contributed by atoms with Gasteiger partial charge in [0, 0.05) is 11.8 Å². The number of aliphatic hydroxyl groups is 2. The van der Waals surface area contributed by atoms with Crippen molar-refractivity contribution in [1.82, 2.24) is 0 Å². The second kappa shape index (κ2) is 6.84. The summed E-state index contributed by atoms with van der Waals surface area (Å²) in [5, 5.41) is 23.0. The van der Waals surface area contributed by atoms with Crippen LogP contribution in [0, 0.1) is 11.8 Å². The smallest absolute Gasteiger partial charge is 0.144 e. The first kappa shape index (κ1) is 18.9. The number of hydrogen-bond donors (Lipinski definition) is 2. The lowest BCUT2D eigenvalue weighted by atomic mass is 9.66. The molecule has 0 spiro atoms. The van der Waals surface area contributed by atoms with Crippen LogP contribution in [0.5, 0.6) is 0 Å². The molecule has 0 aromatic heterocycles. The van der Waals surface area contributed by atoms with Crippen LogP contribution in [0.2, 0.25) is 0 Å². The van der Waals surface area contributed by atoms with Gasteiger partial charge in [0.1, 0.15) is 17.0 Å². The first-order valence-electron chi connectivity index (χ1n) is 9.88. The SMILES string of the molecule is CC(C(=O)C(C)C1(O)CC=Cc2ccccc21)C1(O)CC=Cc2ccccc21. The summed E-state index contributed by atoms with van der Waals surface area (Å²) in [5.74, 6) is -1.41. The standard InChI is InChI=1S/C25H26O3/c1-17(24(27)15-7-11-19-9-3-5-13-21(19)24)23(26)18(2)25(28)16-8-12-20-10-4-6-14-22(20)25/h3-14,17-18,27-28H,15-16H2,1-2H3. The molecule has 144 valence electrons. The van der Waals surface area contributed by atoms with Crippen LogP contribution >= 0.6 is 0 Å². The third-order valence-electron chi connectivity index (χ3n) is 6.59. The average molecular weight is 374 g/mol. The van der Waals surface area contributed by atoms with E-state index in [4.69, 9.17) is 0 Å². The van der Waals surface area contributed by atoms with Gasteiger partial charge in [-0.05, 0) is 35.1 Å². The third kappa shape index (κ3) is 2.78. The molecule has 2 aliphatic carbocycles. The Balaban J connectivity index is 1.68. The Hall–Kier alpha value is -2.49. The lowest BCUT2D eigenvalue weighted by Gasteiger charge is -2.41. The Bertz CT molecular complexity index is 896. The second-order valence-electron chi connectivity index (χ2n) is 8.08. The van der Waals surface area contributed by atoms with E-state index in [1.807, 2.05) is 72.8 Å². The summed E-state index contributed by atoms with van der Waals surface area (Å²) in [6, 6.07) is 15.3. The Kier molecular flexibility index (Phi) is 4.60. The highest BCUT2D eigenvalue weighted by Crippen LogP contribution is 2.45. The summed E-state index contributed by atoms with van der Waals surface area (Å²) in [6.07, 6.45) is 8.59. The van der Waals surface area contributed by atoms with E-state index in [1.54, 1.807) is 13.8 Å². The van der Waals surface area contributed by atoms with Crippen molar-refractivity contribution in [2.45, 2.75) is 37.9 Å². The molecule has 0 fully saturated rings. The maximum absolute atomic E-state index is 13.5. The zero-order chi connectivity index (χ0) is 19.9. The van der Waals surface area contributed by atoms with Gasteiger partial charge in [-0.3, -0.25) is 4.79 Å². The van der Waals surface area contributed by atoms with E-state index < -0.39 is 23.0 Å². The lowest BCUT2D eigenvalue weighted by Crippen LogP contribution is -2.47. The Morgan fingerprint density at radius 1 is 0.786 bits per heavy atom. The molecule has 28 heavy (non-hydrogen) atoms. The molecule has 4 rings (SSSR count). The highest BCUT2D eigenvalue weighted by molar-refractivity contribution is 5.86. The highest BCUT2D eigenvalue weighted by Gasteiger charge is 2.48. The van der Waals surface area contributed by atoms with Gasteiger partial charge in [-0.2, -0.15) is 0 Å². The minimum atomic E-state index is -1.27. The van der Waals surface area contributed by atoms with Gasteiger partial charge in [0.15, 0.2) is 0 Å². The summed E-state index contributed by atoms with van der Waals surface area (Å²) >= 11 is 0. The number of fused-ring (bicyclic) bond motifs is 2. The molecule has 2 aliphatic rings. The van der Waals surface area contributed by atoms with Crippen LogP contribution in [0.1, 0.15) is 48.9 Å². The van der Waals surface area contributed by atoms with Gasteiger partial charge in [-0.15, -0.1) is 0 Å². The lowest BCUT2D eigenvalue weighted by molar-refractivity contribution is -0.145. The minimum Gasteiger partial charge on any atom is -0.384 e. The predicted molar refractivity (Wildman–Crippen MR) is 111 cm³/mol. The van der Waals surface area contributed by atoms with Crippen molar-refractivity contribution >= 4 is 17.9 Å². The number of carbonyl (C=O) groups excluding carboxylic acids is 1. The van der Waals surface area contributed by atoms with Crippen LogP contribution in [0.4, 0.5) is 0 Å². The quantitative estimate of drug-likeness (QED) is 0.832. The number of rotatable bonds is 4. The molecule has 0 amide bonds. The van der Waals surface area contributed by atoms with Gasteiger partial charge in [0.05, 0.1) is 0 Å². The molecule has 0 saturated heterocycles. The van der Waals surface area contributed by atoms with Crippen molar-refractivity contribution < 1.29 is 15.0 Å². The Morgan fingerprint density at radius 2 is 1.18 bits per heavy atom. The van der Waals surface area contributed by atoms with Gasteiger partial charge in [0.25, 0.3) is 0 Å². The van der Waals surface area contributed by atoms with Gasteiger partial charge in [0.2, 0.25) is 0 Å². The molecule has 4 atom stereocenters. The van der Waals surface area contributed by atoms with E-state index in [0.29, 0.717) is 12.8 Å². The molecule has 3 heteroatoms. The van der Waals surface area contributed by atoms with E-state index in [2.05, 4.69) is 0 Å². The van der Waals surface area contributed by atoms with Crippen molar-refractivity contribution in [3.05, 3.63) is 82.9 Å². The van der Waals surface area contributed by atoms with Gasteiger partial charge in [-0.25, -0.2) is 0 Å². The molecule has 3 nitrogen and oxygen atoms in total. The maximum Gasteiger partial charge on any atom is 0.144 e. The molecule has 0 bridgehead atoms. The topological polar surface area (TPSA) is 57.5 Å². The van der Waals surface area contributed by atoms with Crippen molar-refractivity contribution in [3.63, 3.8) is 0 Å². The van der Waals surface area contributed by atoms with Gasteiger partial charge in [-0.1, -0.05) is 86.7 Å². The zero-order valence-electron chi connectivity index (χ0n) is 16.3. The van der Waals surface area contributed by atoms with Crippen LogP contribution in [0.25, 0.3) is 12.2 Å². The summed E-state index contributed by atoms with van der Waals surface area (Å²) in [7, 11) is 0. The molecule has 0 saturated carbocycles. The van der Waals surface area contributed by atoms with Crippen LogP contribution in [0.3, 0.4) is 0 Å². The van der Waals surface area contributed by atoms with Crippen LogP contribution < -0.4 is 0 Å². The van der Waals surface area contributed by atoms with Crippen LogP contribution in [-0.4, -0.2) is 16.0 Å². The molecular weight excluding hydrogens is 348 g/mol. The molecule has 4 unspecified atom stereocenters. The zero-order valence-corrected chi connectivity index (χ0v) is 16.3. The number of benzene rings is 2. The summed E-state index contributed by atoms with van der Waals surface area (Å²) in [5.41, 5.74) is 0.901. The van der Waals surface area contributed by atoms with Gasteiger partial charge < -0.3 is 10.2 Å². The van der Waals surface area contributed by atoms with E-state index >= 15 is 0 Å². The molecule has 2 aromatic rings. The van der Waals surface area contributed by atoms with Crippen molar-refractivity contribution in [3.8, 4) is 0 Å². The average Bonchev–Trinajstić information content (AvgIpc) is 2.73. The monoisotopic (exact) mass is 374 g/mol. The maximum atomic E-state index is 13.5. The third-order valence-corrected chi connectivity index (χ3v) is 6.59. The molecule has 2 aromatic carbocycles. The van der Waals surface area contributed by atoms with E-state index in [9.17, 15) is 15.0 Å². The fourth-order valence-corrected chi connectivity index (χ4v) is 4.69. The largest absolute Gasteiger partial charge is 0.384 e. The van der Waals surface area contributed by atoms with Crippen molar-refractivity contribution in [2.24, 2.45) is 11.8 Å². The molecule has 2 N–H and O–H groups in total. The van der Waals surface area contributed by atoms with Crippen LogP contribution in [0.15, 0.2) is 60.7 Å². The normalized spacial score (nSPS) is 27.6. The molecular formula is C25H26O3. The van der Waals surface area contributed by atoms with Crippen molar-refractivity contribution in [1.29, 1.82) is 0 Å². The Morgan fingerprint density at radius 3 is 1.61 bits per heavy atom. The first-order chi connectivity index (χ1) is 13.4. The summed E-state index contributed by atoms with van der Waals surface area (Å²) in [4.78, 5) is 13.5. The second-order valence-corrected chi connectivity index (χ2v) is 8.08. The highest BCUT2D eigenvalue weighted by atomic mass is 16.3. The van der Waals surface area contributed by atoms with E-state index in [1.165, 1.54) is 0 Å². The number of Topliss-reactive ketones (excluding diaryl/α,β-unsaturated/α-hetero) is 1. The van der Waals surface area contributed by atoms with Crippen molar-refractivity contribution in [2.75, 3.05) is 0 Å². The number of hydrogen-bond acceptors (Lipinski definition) is 3. The first-order valence-corrected chi connectivity index (χ1v) is 9.88. The minimum absolute atomic E-state index is 0.125. The molecule has 0 radical (unpaired) electrons. The van der Waals surface area contributed by atoms with Crippen LogP contribution in [-0.2, 0) is 16.0 Å². The predicted octanol–water partition coefficient (Wildman–Crippen LogP) is 4.44. The number of ketones is 1. The summed E-state index contributed by atoms with van der Waals surface area (Å²) in [6.45, 7) is 3.56. The van der Waals surface area contributed by atoms with Gasteiger partial charge >= 0.3 is 0 Å². The molecule has 0 heterocycles. The summed E-state index contributed by atoms with van der Waals surface area (Å²) < 4.78 is 0. The number of carbonyl (C=O) groups is 1. The fraction of sp³-hybridized carbons (Fsp3) is 0.320. The van der Waals surface area contributed by atoms with E-state index in [0.717, 1.165) is 22.3 Å². The molecule has 0 aliphatic heterocycles.